The molecule has 6 nitrogen and oxygen atoms in total. The maximum absolute atomic E-state index is 11.3. The summed E-state index contributed by atoms with van der Waals surface area (Å²) in [5, 5.41) is 10.8. The Balaban J connectivity index is 1.91. The lowest BCUT2D eigenvalue weighted by molar-refractivity contribution is -0.147. The number of hydrogen-bond acceptors (Lipinski definition) is 6. The third-order valence-electron chi connectivity index (χ3n) is 4.08. The summed E-state index contributed by atoms with van der Waals surface area (Å²) in [7, 11) is 0. The number of hydrogen-bond donors (Lipinski definition) is 1. The molecule has 0 aliphatic rings. The molecule has 0 saturated heterocycles. The predicted molar refractivity (Wildman–Crippen MR) is 98.2 cm³/mol. The topological polar surface area (TPSA) is 86.0 Å². The molecular formula is C20H24O6. The maximum Gasteiger partial charge on any atom is 0.336 e. The second-order valence-electron chi connectivity index (χ2n) is 6.73. The number of aliphatic hydroxyl groups is 1. The van der Waals surface area contributed by atoms with Crippen molar-refractivity contribution in [3.05, 3.63) is 52.4 Å². The lowest BCUT2D eigenvalue weighted by Gasteiger charge is -2.27. The minimum absolute atomic E-state index is 0.357. The molecule has 0 bridgehead atoms. The summed E-state index contributed by atoms with van der Waals surface area (Å²) in [6.07, 6.45) is 2.55. The minimum atomic E-state index is -1.09. The SMILES string of the molecule is C/C(=C\COc1ccc2ccc(=O)oc2c1)CC[C@@H](OC=O)C(C)(C)O. The number of ether oxygens (including phenoxy) is 2. The maximum atomic E-state index is 11.3. The first-order valence-electron chi connectivity index (χ1n) is 8.43. The first kappa shape index (κ1) is 19.7. The number of fused-ring (bicyclic) bond motifs is 1. The number of rotatable bonds is 9. The van der Waals surface area contributed by atoms with E-state index in [1.165, 1.54) is 6.07 Å². The van der Waals surface area contributed by atoms with Crippen molar-refractivity contribution in [1.29, 1.82) is 0 Å². The van der Waals surface area contributed by atoms with Crippen LogP contribution in [-0.2, 0) is 9.53 Å². The molecular weight excluding hydrogens is 336 g/mol. The summed E-state index contributed by atoms with van der Waals surface area (Å²) in [5.41, 5.74) is 0.0484. The Hall–Kier alpha value is -2.60. The molecule has 140 valence electrons. The smallest absolute Gasteiger partial charge is 0.336 e. The van der Waals surface area contributed by atoms with E-state index in [4.69, 9.17) is 13.9 Å². The molecule has 0 amide bonds. The minimum Gasteiger partial charge on any atom is -0.489 e. The van der Waals surface area contributed by atoms with Crippen LogP contribution < -0.4 is 10.4 Å². The summed E-state index contributed by atoms with van der Waals surface area (Å²) in [4.78, 5) is 21.8. The van der Waals surface area contributed by atoms with Crippen LogP contribution in [0, 0.1) is 0 Å². The Morgan fingerprint density at radius 1 is 1.31 bits per heavy atom. The molecule has 26 heavy (non-hydrogen) atoms. The van der Waals surface area contributed by atoms with Crippen LogP contribution in [0.3, 0.4) is 0 Å². The number of carbonyl (C=O) groups is 1. The van der Waals surface area contributed by atoms with Crippen LogP contribution in [0.5, 0.6) is 5.75 Å². The van der Waals surface area contributed by atoms with E-state index in [1.807, 2.05) is 25.1 Å². The largest absolute Gasteiger partial charge is 0.489 e. The molecule has 0 aliphatic carbocycles. The molecule has 0 fully saturated rings. The average Bonchev–Trinajstić information content (AvgIpc) is 2.57. The lowest BCUT2D eigenvalue weighted by atomic mass is 9.95. The van der Waals surface area contributed by atoms with Crippen molar-refractivity contribution in [1.82, 2.24) is 0 Å². The van der Waals surface area contributed by atoms with Gasteiger partial charge in [0.25, 0.3) is 6.47 Å². The van der Waals surface area contributed by atoms with Gasteiger partial charge in [-0.15, -0.1) is 0 Å². The molecule has 1 aromatic carbocycles. The van der Waals surface area contributed by atoms with Gasteiger partial charge < -0.3 is 19.0 Å². The van der Waals surface area contributed by atoms with Gasteiger partial charge >= 0.3 is 5.63 Å². The van der Waals surface area contributed by atoms with E-state index in [0.717, 1.165) is 11.0 Å². The van der Waals surface area contributed by atoms with E-state index in [-0.39, 0.29) is 0 Å². The Bertz CT molecular complexity index is 828. The second kappa shape index (κ2) is 8.67. The highest BCUT2D eigenvalue weighted by atomic mass is 16.5. The van der Waals surface area contributed by atoms with Crippen LogP contribution in [0.1, 0.15) is 33.6 Å². The van der Waals surface area contributed by atoms with Crippen molar-refractivity contribution in [2.24, 2.45) is 0 Å². The van der Waals surface area contributed by atoms with Crippen molar-refractivity contribution in [3.8, 4) is 5.75 Å². The molecule has 1 N–H and O–H groups in total. The molecule has 0 unspecified atom stereocenters. The molecule has 1 atom stereocenters. The lowest BCUT2D eigenvalue weighted by Crippen LogP contribution is -2.38. The Morgan fingerprint density at radius 3 is 2.73 bits per heavy atom. The fraction of sp³-hybridized carbons (Fsp3) is 0.400. The molecule has 6 heteroatoms. The monoisotopic (exact) mass is 360 g/mol. The van der Waals surface area contributed by atoms with Crippen LogP contribution in [0.25, 0.3) is 11.0 Å². The Kier molecular flexibility index (Phi) is 6.58. The van der Waals surface area contributed by atoms with Crippen molar-refractivity contribution in [2.75, 3.05) is 6.61 Å². The van der Waals surface area contributed by atoms with E-state index in [9.17, 15) is 14.7 Å². The van der Waals surface area contributed by atoms with Gasteiger partial charge in [-0.1, -0.05) is 5.57 Å². The highest BCUT2D eigenvalue weighted by molar-refractivity contribution is 5.77. The Morgan fingerprint density at radius 2 is 2.04 bits per heavy atom. The van der Waals surface area contributed by atoms with Crippen LogP contribution in [0.2, 0.25) is 0 Å². The van der Waals surface area contributed by atoms with Crippen LogP contribution in [-0.4, -0.2) is 29.9 Å². The molecule has 0 radical (unpaired) electrons. The van der Waals surface area contributed by atoms with Gasteiger partial charge in [0.05, 0.1) is 5.60 Å². The van der Waals surface area contributed by atoms with Crippen molar-refractivity contribution < 1.29 is 23.8 Å². The molecule has 1 aromatic heterocycles. The van der Waals surface area contributed by atoms with E-state index < -0.39 is 17.3 Å². The predicted octanol–water partition coefficient (Wildman–Crippen LogP) is 3.21. The summed E-state index contributed by atoms with van der Waals surface area (Å²) >= 11 is 0. The number of benzene rings is 1. The molecule has 1 heterocycles. The van der Waals surface area contributed by atoms with Gasteiger partial charge in [-0.25, -0.2) is 4.79 Å². The van der Waals surface area contributed by atoms with Crippen molar-refractivity contribution in [3.63, 3.8) is 0 Å². The fourth-order valence-electron chi connectivity index (χ4n) is 2.53. The second-order valence-corrected chi connectivity index (χ2v) is 6.73. The highest BCUT2D eigenvalue weighted by Gasteiger charge is 2.27. The van der Waals surface area contributed by atoms with Crippen molar-refractivity contribution >= 4 is 17.4 Å². The first-order chi connectivity index (χ1) is 12.3. The van der Waals surface area contributed by atoms with Gasteiger partial charge in [0.2, 0.25) is 0 Å². The molecule has 0 aliphatic heterocycles. The zero-order chi connectivity index (χ0) is 19.2. The standard InChI is InChI=1S/C20H24O6/c1-14(4-8-18(25-13-21)20(2,3)23)10-11-24-16-7-5-15-6-9-19(22)26-17(15)12-16/h5-7,9-10,12-13,18,23H,4,8,11H2,1-3H3/b14-10+/t18-/m1/s1. The summed E-state index contributed by atoms with van der Waals surface area (Å²) in [6.45, 7) is 5.90. The van der Waals surface area contributed by atoms with Gasteiger partial charge in [0, 0.05) is 17.5 Å². The van der Waals surface area contributed by atoms with Crippen LogP contribution >= 0.6 is 0 Å². The van der Waals surface area contributed by atoms with Gasteiger partial charge in [0.15, 0.2) is 0 Å². The molecule has 0 spiro atoms. The third kappa shape index (κ3) is 5.74. The van der Waals surface area contributed by atoms with E-state index >= 15 is 0 Å². The first-order valence-corrected chi connectivity index (χ1v) is 8.43. The molecule has 2 rings (SSSR count). The quantitative estimate of drug-likeness (QED) is 0.420. The third-order valence-corrected chi connectivity index (χ3v) is 4.08. The van der Waals surface area contributed by atoms with Gasteiger partial charge in [-0.05, 0) is 57.9 Å². The zero-order valence-electron chi connectivity index (χ0n) is 15.2. The Labute approximate surface area is 152 Å². The van der Waals surface area contributed by atoms with Crippen molar-refractivity contribution in [2.45, 2.75) is 45.3 Å². The van der Waals surface area contributed by atoms with E-state index in [2.05, 4.69) is 0 Å². The number of carbonyl (C=O) groups excluding carboxylic acids is 1. The summed E-state index contributed by atoms with van der Waals surface area (Å²) in [6, 6.07) is 8.41. The highest BCUT2D eigenvalue weighted by Crippen LogP contribution is 2.21. The average molecular weight is 360 g/mol. The fourth-order valence-corrected chi connectivity index (χ4v) is 2.53. The van der Waals surface area contributed by atoms with Gasteiger partial charge in [0.1, 0.15) is 24.0 Å². The number of allylic oxidation sites excluding steroid dienone is 1. The summed E-state index contributed by atoms with van der Waals surface area (Å²) < 4.78 is 15.8. The normalized spacial score (nSPS) is 13.5. The van der Waals surface area contributed by atoms with Crippen LogP contribution in [0.15, 0.2) is 51.2 Å². The molecule has 2 aromatic rings. The van der Waals surface area contributed by atoms with Crippen LogP contribution in [0.4, 0.5) is 0 Å². The van der Waals surface area contributed by atoms with E-state index in [0.29, 0.717) is 37.3 Å². The zero-order valence-corrected chi connectivity index (χ0v) is 15.2. The molecule has 0 saturated carbocycles. The van der Waals surface area contributed by atoms with Gasteiger partial charge in [-0.3, -0.25) is 4.79 Å². The van der Waals surface area contributed by atoms with E-state index in [1.54, 1.807) is 26.0 Å². The summed E-state index contributed by atoms with van der Waals surface area (Å²) in [5.74, 6) is 0.606. The van der Waals surface area contributed by atoms with Gasteiger partial charge in [-0.2, -0.15) is 0 Å².